The van der Waals surface area contributed by atoms with E-state index in [9.17, 15) is 24.0 Å². The van der Waals surface area contributed by atoms with Gasteiger partial charge in [0.25, 0.3) is 11.5 Å². The van der Waals surface area contributed by atoms with E-state index >= 15 is 0 Å². The highest BCUT2D eigenvalue weighted by Crippen LogP contribution is 2.37. The van der Waals surface area contributed by atoms with Crippen LogP contribution in [0.3, 0.4) is 0 Å². The molecule has 0 bridgehead atoms. The third-order valence-electron chi connectivity index (χ3n) is 6.62. The van der Waals surface area contributed by atoms with Gasteiger partial charge in [-0.05, 0) is 30.7 Å². The Bertz CT molecular complexity index is 1870. The molecule has 2 aromatic carbocycles. The second-order valence-corrected chi connectivity index (χ2v) is 10.1. The minimum Gasteiger partial charge on any atom is -0.493 e. The predicted molar refractivity (Wildman–Crippen MR) is 147 cm³/mol. The van der Waals surface area contributed by atoms with Crippen molar-refractivity contribution in [1.82, 2.24) is 4.57 Å². The van der Waals surface area contributed by atoms with Gasteiger partial charge in [0, 0.05) is 12.5 Å². The van der Waals surface area contributed by atoms with E-state index in [0.717, 1.165) is 11.3 Å². The first-order valence-electron chi connectivity index (χ1n) is 12.3. The molecular weight excluding hydrogens is 552 g/mol. The highest BCUT2D eigenvalue weighted by molar-refractivity contribution is 7.07. The van der Waals surface area contributed by atoms with Gasteiger partial charge in [-0.25, -0.2) is 9.79 Å². The van der Waals surface area contributed by atoms with Crippen molar-refractivity contribution in [2.24, 2.45) is 10.7 Å². The standard InChI is InChI=1S/C28H24N4O8S/c1-13-21(27(37)39-4)23(15-9-10-18(40-14(2)33)19(11-15)38-3)32-26(36)24(41-28(32)30-13)22-16-7-5-6-8-17(16)31(25(22)35)12-20(29)34/h5-11,23H,12H2,1-4H3,(H2,29,34)/b24-22-/t23-/m1/s1. The van der Waals surface area contributed by atoms with Crippen molar-refractivity contribution in [2.45, 2.75) is 19.9 Å². The predicted octanol–water partition coefficient (Wildman–Crippen LogP) is 0.544. The van der Waals surface area contributed by atoms with Gasteiger partial charge in [-0.15, -0.1) is 0 Å². The Morgan fingerprint density at radius 1 is 1.07 bits per heavy atom. The molecule has 0 fully saturated rings. The first-order valence-corrected chi connectivity index (χ1v) is 13.1. The lowest BCUT2D eigenvalue weighted by atomic mass is 9.95. The average molecular weight is 577 g/mol. The van der Waals surface area contributed by atoms with Crippen LogP contribution in [-0.4, -0.2) is 49.1 Å². The summed E-state index contributed by atoms with van der Waals surface area (Å²) in [4.78, 5) is 70.0. The lowest BCUT2D eigenvalue weighted by molar-refractivity contribution is -0.136. The number of amides is 2. The van der Waals surface area contributed by atoms with Crippen molar-refractivity contribution < 1.29 is 33.4 Å². The molecule has 0 saturated heterocycles. The van der Waals surface area contributed by atoms with Crippen molar-refractivity contribution in [1.29, 1.82) is 0 Å². The summed E-state index contributed by atoms with van der Waals surface area (Å²) in [5.41, 5.74) is 6.71. The van der Waals surface area contributed by atoms with Crippen molar-refractivity contribution in [3.63, 3.8) is 0 Å². The largest absolute Gasteiger partial charge is 0.493 e. The maximum atomic E-state index is 14.2. The topological polar surface area (TPSA) is 160 Å². The number of thiazole rings is 1. The molecule has 5 rings (SSSR count). The fourth-order valence-electron chi connectivity index (χ4n) is 4.96. The number of esters is 2. The van der Waals surface area contributed by atoms with Gasteiger partial charge in [-0.1, -0.05) is 35.6 Å². The molecule has 210 valence electrons. The van der Waals surface area contributed by atoms with Crippen LogP contribution in [0.15, 0.2) is 63.5 Å². The second kappa shape index (κ2) is 10.5. The van der Waals surface area contributed by atoms with Crippen molar-refractivity contribution >= 4 is 46.4 Å². The molecule has 0 unspecified atom stereocenters. The zero-order valence-corrected chi connectivity index (χ0v) is 23.2. The van der Waals surface area contributed by atoms with E-state index < -0.39 is 35.4 Å². The minimum atomic E-state index is -1.01. The van der Waals surface area contributed by atoms with E-state index in [0.29, 0.717) is 22.5 Å². The zero-order valence-electron chi connectivity index (χ0n) is 22.4. The number of para-hydroxylation sites is 1. The molecule has 0 spiro atoms. The van der Waals surface area contributed by atoms with Gasteiger partial charge >= 0.3 is 11.9 Å². The first-order chi connectivity index (χ1) is 19.6. The number of benzene rings is 2. The molecule has 2 aliphatic rings. The van der Waals surface area contributed by atoms with Crippen molar-refractivity contribution in [3.8, 4) is 11.5 Å². The summed E-state index contributed by atoms with van der Waals surface area (Å²) in [6.07, 6.45) is 0. The van der Waals surface area contributed by atoms with Crippen LogP contribution in [0.4, 0.5) is 5.69 Å². The number of hydrogen-bond donors (Lipinski definition) is 1. The van der Waals surface area contributed by atoms with E-state index in [2.05, 4.69) is 4.99 Å². The number of carbonyl (C=O) groups excluding carboxylic acids is 4. The quantitative estimate of drug-likeness (QED) is 0.329. The van der Waals surface area contributed by atoms with Gasteiger partial charge in [0.15, 0.2) is 16.3 Å². The molecule has 0 aliphatic carbocycles. The molecule has 3 aromatic rings. The number of primary amides is 1. The fourth-order valence-corrected chi connectivity index (χ4v) is 6.10. The highest BCUT2D eigenvalue weighted by Gasteiger charge is 2.38. The van der Waals surface area contributed by atoms with Crippen LogP contribution in [0.5, 0.6) is 11.5 Å². The highest BCUT2D eigenvalue weighted by atomic mass is 32.1. The number of anilines is 1. The molecule has 0 radical (unpaired) electrons. The Morgan fingerprint density at radius 3 is 2.46 bits per heavy atom. The van der Waals surface area contributed by atoms with E-state index in [4.69, 9.17) is 19.9 Å². The monoisotopic (exact) mass is 576 g/mol. The summed E-state index contributed by atoms with van der Waals surface area (Å²) in [7, 11) is 2.61. The third-order valence-corrected chi connectivity index (χ3v) is 7.68. The van der Waals surface area contributed by atoms with Gasteiger partial charge in [0.05, 0.1) is 42.8 Å². The van der Waals surface area contributed by atoms with Crippen LogP contribution >= 0.6 is 11.3 Å². The first kappa shape index (κ1) is 27.5. The molecule has 1 aromatic heterocycles. The SMILES string of the molecule is COC(=O)C1=C(C)N=c2s/c(=C3\C(=O)N(CC(N)=O)c4ccccc43)c(=O)n2[C@@H]1c1ccc(OC(C)=O)c(OC)c1. The third kappa shape index (κ3) is 4.59. The Balaban J connectivity index is 1.79. The molecule has 41 heavy (non-hydrogen) atoms. The van der Waals surface area contributed by atoms with E-state index in [1.807, 2.05) is 0 Å². The van der Waals surface area contributed by atoms with Gasteiger partial charge in [-0.2, -0.15) is 0 Å². The Labute approximate surface area is 236 Å². The second-order valence-electron chi connectivity index (χ2n) is 9.15. The van der Waals surface area contributed by atoms with Crippen LogP contribution in [0.25, 0.3) is 5.57 Å². The number of nitrogens with zero attached hydrogens (tertiary/aromatic N) is 3. The number of allylic oxidation sites excluding steroid dienone is 1. The maximum Gasteiger partial charge on any atom is 0.338 e. The van der Waals surface area contributed by atoms with Gasteiger partial charge < -0.3 is 19.9 Å². The number of nitrogens with two attached hydrogens (primary N) is 1. The van der Waals surface area contributed by atoms with Crippen LogP contribution < -0.4 is 35.0 Å². The van der Waals surface area contributed by atoms with Gasteiger partial charge in [0.1, 0.15) is 11.1 Å². The van der Waals surface area contributed by atoms with Crippen LogP contribution in [-0.2, 0) is 23.9 Å². The number of fused-ring (bicyclic) bond motifs is 2. The number of hydrogen-bond acceptors (Lipinski definition) is 10. The van der Waals surface area contributed by atoms with E-state index in [-0.39, 0.29) is 38.5 Å². The van der Waals surface area contributed by atoms with Crippen LogP contribution in [0.2, 0.25) is 0 Å². The van der Waals surface area contributed by atoms with Crippen LogP contribution in [0.1, 0.15) is 31.0 Å². The maximum absolute atomic E-state index is 14.2. The Hall–Kier alpha value is -5.04. The molecule has 12 nitrogen and oxygen atoms in total. The number of carbonyl (C=O) groups is 4. The fraction of sp³-hybridized carbons (Fsp3) is 0.214. The molecule has 2 N–H and O–H groups in total. The van der Waals surface area contributed by atoms with Crippen LogP contribution in [0, 0.1) is 0 Å². The smallest absolute Gasteiger partial charge is 0.338 e. The molecular formula is C28H24N4O8S. The molecule has 2 aliphatic heterocycles. The normalized spacial score (nSPS) is 17.0. The minimum absolute atomic E-state index is 0.0839. The van der Waals surface area contributed by atoms with Crippen molar-refractivity contribution in [2.75, 3.05) is 25.7 Å². The molecule has 2 amide bonds. The van der Waals surface area contributed by atoms with E-state index in [1.165, 1.54) is 36.7 Å². The summed E-state index contributed by atoms with van der Waals surface area (Å²) in [6.45, 7) is 2.51. The zero-order chi connectivity index (χ0) is 29.6. The molecule has 3 heterocycles. The summed E-state index contributed by atoms with van der Waals surface area (Å²) in [6, 6.07) is 10.4. The lowest BCUT2D eigenvalue weighted by Gasteiger charge is -2.25. The number of ether oxygens (including phenoxy) is 3. The Kier molecular flexibility index (Phi) is 7.05. The summed E-state index contributed by atoms with van der Waals surface area (Å²) in [5, 5.41) is 0. The molecule has 1 atom stereocenters. The molecule has 0 saturated carbocycles. The van der Waals surface area contributed by atoms with Gasteiger partial charge in [0.2, 0.25) is 5.91 Å². The van der Waals surface area contributed by atoms with Gasteiger partial charge in [-0.3, -0.25) is 28.6 Å². The number of aromatic nitrogens is 1. The summed E-state index contributed by atoms with van der Waals surface area (Å²) in [5.74, 6) is -2.16. The summed E-state index contributed by atoms with van der Waals surface area (Å²) >= 11 is 0.989. The lowest BCUT2D eigenvalue weighted by Crippen LogP contribution is -2.41. The summed E-state index contributed by atoms with van der Waals surface area (Å²) < 4.78 is 17.1. The number of methoxy groups -OCH3 is 2. The van der Waals surface area contributed by atoms with E-state index in [1.54, 1.807) is 43.3 Å². The molecule has 13 heteroatoms. The average Bonchev–Trinajstić information content (AvgIpc) is 3.39. The Morgan fingerprint density at radius 2 is 1.80 bits per heavy atom. The number of rotatable bonds is 6. The van der Waals surface area contributed by atoms with Crippen molar-refractivity contribution in [3.05, 3.63) is 84.5 Å².